The first-order valence-electron chi connectivity index (χ1n) is 21.6. The van der Waals surface area contributed by atoms with Gasteiger partial charge in [0.05, 0.1) is 35.9 Å². The maximum atomic E-state index is 9.65. The first kappa shape index (κ1) is 9.70. The molecule has 38 heavy (non-hydrogen) atoms. The zero-order valence-electron chi connectivity index (χ0n) is 39.8. The van der Waals surface area contributed by atoms with Crippen LogP contribution in [0.15, 0.2) is 84.6 Å². The summed E-state index contributed by atoms with van der Waals surface area (Å²) in [5.41, 5.74) is -3.97. The molecule has 0 bridgehead atoms. The molecule has 182 valence electrons. The first-order valence-corrected chi connectivity index (χ1v) is 11.6. The Hall–Kier alpha value is -4.44. The van der Waals surface area contributed by atoms with Crippen LogP contribution in [0.1, 0.15) is 49.7 Å². The molecule has 0 radical (unpaired) electrons. The van der Waals surface area contributed by atoms with Crippen molar-refractivity contribution in [3.05, 3.63) is 107 Å². The second-order valence-corrected chi connectivity index (χ2v) is 9.08. The zero-order chi connectivity index (χ0) is 42.9. The van der Waals surface area contributed by atoms with Crippen LogP contribution in [0.5, 0.6) is 23.0 Å². The molecule has 0 saturated heterocycles. The van der Waals surface area contributed by atoms with Crippen LogP contribution in [-0.4, -0.2) is 11.3 Å². The van der Waals surface area contributed by atoms with Crippen molar-refractivity contribution < 1.29 is 36.9 Å². The summed E-state index contributed by atoms with van der Waals surface area (Å²) >= 11 is 0. The minimum atomic E-state index is -3.10. The molecule has 1 aromatic heterocycles. The fourth-order valence-electron chi connectivity index (χ4n) is 5.07. The molecular weight excluding hydrogens is 465 g/mol. The molecule has 0 unspecified atom stereocenters. The van der Waals surface area contributed by atoms with E-state index >= 15 is 0 Å². The standard InChI is InChI=1S/C34H26BNO2/c1-19-5-9-28-24(13-19)25-14-20(2)6-10-29(25)36(28)23-17-32-34-33(18-23)38-31-12-8-22(4)16-27(31)35(34)26-15-21(3)7-11-30(26)37-32/h5-18H,1-4H3/i1D3,3D3,5D,6D,7D,8D,9D,10D,11D,12D,13D,14D,15D,16D,17D,18D. The number of hydrogen-bond donors (Lipinski definition) is 0. The second-order valence-electron chi connectivity index (χ2n) is 9.08. The number of aromatic nitrogens is 1. The molecule has 0 spiro atoms. The Morgan fingerprint density at radius 2 is 1.11 bits per heavy atom. The average Bonchev–Trinajstić information content (AvgIpc) is 3.49. The molecule has 4 heteroatoms. The summed E-state index contributed by atoms with van der Waals surface area (Å²) in [5, 5.41) is -0.683. The van der Waals surface area contributed by atoms with Crippen molar-refractivity contribution in [3.8, 4) is 28.7 Å². The van der Waals surface area contributed by atoms with Gasteiger partial charge in [-0.25, -0.2) is 0 Å². The van der Waals surface area contributed by atoms with Gasteiger partial charge in [0.15, 0.2) is 0 Å². The molecule has 0 atom stereocenters. The molecule has 2 aliphatic heterocycles. The van der Waals surface area contributed by atoms with Crippen molar-refractivity contribution in [1.82, 2.24) is 4.57 Å². The fraction of sp³-hybridized carbons (Fsp3) is 0.118. The van der Waals surface area contributed by atoms with Crippen LogP contribution in [0.25, 0.3) is 27.5 Å². The van der Waals surface area contributed by atoms with Gasteiger partial charge in [-0.2, -0.15) is 0 Å². The lowest BCUT2D eigenvalue weighted by Crippen LogP contribution is -2.57. The normalized spacial score (nSPS) is 21.3. The van der Waals surface area contributed by atoms with Crippen molar-refractivity contribution >= 4 is 44.9 Å². The lowest BCUT2D eigenvalue weighted by Gasteiger charge is -2.33. The van der Waals surface area contributed by atoms with Crippen molar-refractivity contribution in [1.29, 1.82) is 0 Å². The van der Waals surface area contributed by atoms with E-state index in [1.54, 1.807) is 0 Å². The summed E-state index contributed by atoms with van der Waals surface area (Å²) in [6.45, 7) is -5.01. The Kier molecular flexibility index (Phi) is 1.93. The third-order valence-electron chi connectivity index (χ3n) is 6.59. The molecule has 2 aliphatic rings. The van der Waals surface area contributed by atoms with Crippen LogP contribution in [0.2, 0.25) is 0 Å². The van der Waals surface area contributed by atoms with Crippen molar-refractivity contribution in [2.45, 2.75) is 27.6 Å². The third-order valence-corrected chi connectivity index (χ3v) is 6.59. The molecule has 0 aliphatic carbocycles. The van der Waals surface area contributed by atoms with Gasteiger partial charge in [0.1, 0.15) is 23.0 Å². The number of ether oxygens (including phenoxy) is 2. The van der Waals surface area contributed by atoms with Crippen LogP contribution in [-0.2, 0) is 0 Å². The van der Waals surface area contributed by atoms with Crippen molar-refractivity contribution in [2.75, 3.05) is 0 Å². The Morgan fingerprint density at radius 1 is 0.605 bits per heavy atom. The predicted molar refractivity (Wildman–Crippen MR) is 157 cm³/mol. The van der Waals surface area contributed by atoms with E-state index in [0.717, 1.165) is 4.57 Å². The van der Waals surface area contributed by atoms with E-state index < -0.39 is 155 Å². The summed E-state index contributed by atoms with van der Waals surface area (Å²) in [6.07, 6.45) is 0. The Labute approximate surface area is 250 Å². The number of nitrogens with zero attached hydrogens (tertiary/aromatic N) is 1. The molecule has 8 rings (SSSR count). The first-order chi connectivity index (χ1) is 26.8. The summed E-state index contributed by atoms with van der Waals surface area (Å²) in [6, 6.07) is -9.52. The molecule has 0 saturated carbocycles. The van der Waals surface area contributed by atoms with E-state index in [-0.39, 0.29) is 38.9 Å². The van der Waals surface area contributed by atoms with Crippen LogP contribution >= 0.6 is 0 Å². The highest BCUT2D eigenvalue weighted by Gasteiger charge is 2.40. The molecule has 6 aromatic rings. The quantitative estimate of drug-likeness (QED) is 0.228. The average molecular weight is 512 g/mol. The fourth-order valence-corrected chi connectivity index (χ4v) is 5.07. The maximum Gasteiger partial charge on any atom is 0.260 e. The molecule has 5 aromatic carbocycles. The molecular formula is C34H26BNO2. The largest absolute Gasteiger partial charge is 0.458 e. The van der Waals surface area contributed by atoms with Crippen LogP contribution in [0.3, 0.4) is 0 Å². The SMILES string of the molecule is [2H]c1c([2H])c2c(c([2H])c1C)B1c3c([2H])c(C([2H])([2H])[2H])c([2H])c([2H])c3Oc3c([2H])c(-n4c5c([2H])c([2H])c(C)c([2H])c5c5c([2H])c(C([2H])([2H])[2H])c([2H])c([2H])c54)c([2H])c(c31)O2. The molecule has 0 fully saturated rings. The van der Waals surface area contributed by atoms with Gasteiger partial charge >= 0.3 is 0 Å². The monoisotopic (exact) mass is 511 g/mol. The highest BCUT2D eigenvalue weighted by Crippen LogP contribution is 2.39. The van der Waals surface area contributed by atoms with Crippen LogP contribution < -0.4 is 25.9 Å². The Bertz CT molecular complexity index is 2930. The highest BCUT2D eigenvalue weighted by molar-refractivity contribution is 6.98. The predicted octanol–water partition coefficient (Wildman–Crippen LogP) is 6.74. The minimum Gasteiger partial charge on any atom is -0.458 e. The van der Waals surface area contributed by atoms with E-state index in [9.17, 15) is 2.74 Å². The summed E-state index contributed by atoms with van der Waals surface area (Å²) in [5.74, 6) is -2.08. The number of fused-ring (bicyclic) bond motifs is 7. The Balaban J connectivity index is 1.63. The van der Waals surface area contributed by atoms with Crippen LogP contribution in [0, 0.1) is 27.6 Å². The number of hydrogen-bond acceptors (Lipinski definition) is 2. The minimum absolute atomic E-state index is 0.0114. The van der Waals surface area contributed by atoms with E-state index in [4.69, 9.17) is 34.1 Å². The van der Waals surface area contributed by atoms with Crippen molar-refractivity contribution in [2.24, 2.45) is 0 Å². The molecule has 3 nitrogen and oxygen atoms in total. The molecule has 0 amide bonds. The van der Waals surface area contributed by atoms with Gasteiger partial charge in [-0.1, -0.05) is 58.5 Å². The van der Waals surface area contributed by atoms with Crippen LogP contribution in [0.4, 0.5) is 0 Å². The summed E-state index contributed by atoms with van der Waals surface area (Å²) in [7, 11) is 0. The topological polar surface area (TPSA) is 23.4 Å². The van der Waals surface area contributed by atoms with Gasteiger partial charge in [0.25, 0.3) is 6.71 Å². The van der Waals surface area contributed by atoms with E-state index in [2.05, 4.69) is 0 Å². The maximum absolute atomic E-state index is 9.65. The smallest absolute Gasteiger partial charge is 0.260 e. The summed E-state index contributed by atoms with van der Waals surface area (Å²) < 4.78 is 188. The molecule has 3 heterocycles. The third kappa shape index (κ3) is 2.97. The van der Waals surface area contributed by atoms with Gasteiger partial charge in [0, 0.05) is 36.5 Å². The molecule has 0 N–H and O–H groups in total. The van der Waals surface area contributed by atoms with E-state index in [1.165, 1.54) is 13.8 Å². The second kappa shape index (κ2) is 7.55. The lowest BCUT2D eigenvalue weighted by atomic mass is 9.34. The lowest BCUT2D eigenvalue weighted by molar-refractivity contribution is 0.464. The van der Waals surface area contributed by atoms with Gasteiger partial charge in [-0.15, -0.1) is 0 Å². The highest BCUT2D eigenvalue weighted by atomic mass is 16.5. The number of rotatable bonds is 1. The number of benzene rings is 5. The van der Waals surface area contributed by atoms with E-state index in [1.807, 2.05) is 0 Å². The summed E-state index contributed by atoms with van der Waals surface area (Å²) in [4.78, 5) is 0. The van der Waals surface area contributed by atoms with Gasteiger partial charge in [-0.05, 0) is 74.7 Å². The zero-order valence-corrected chi connectivity index (χ0v) is 19.8. The van der Waals surface area contributed by atoms with E-state index in [0.29, 0.717) is 0 Å². The van der Waals surface area contributed by atoms with Crippen molar-refractivity contribution in [3.63, 3.8) is 0 Å². The van der Waals surface area contributed by atoms with Gasteiger partial charge in [0.2, 0.25) is 0 Å². The van der Waals surface area contributed by atoms with Gasteiger partial charge < -0.3 is 14.0 Å². The Morgan fingerprint density at radius 3 is 1.76 bits per heavy atom. The van der Waals surface area contributed by atoms with Gasteiger partial charge in [-0.3, -0.25) is 0 Å².